The monoisotopic (exact) mass is 372 g/mol. The Bertz CT molecular complexity index is 931. The Morgan fingerprint density at radius 3 is 2.59 bits per heavy atom. The number of hydrogen-bond donors (Lipinski definition) is 5. The van der Waals surface area contributed by atoms with Crippen molar-refractivity contribution in [2.45, 2.75) is 31.1 Å². The van der Waals surface area contributed by atoms with Gasteiger partial charge in [-0.3, -0.25) is 4.57 Å². The first-order chi connectivity index (χ1) is 13.1. The first-order valence-corrected chi connectivity index (χ1v) is 8.46. The number of anilines is 2. The maximum atomic E-state index is 10.2. The number of aliphatic hydroxyl groups excluding tert-OH is 3. The molecule has 10 nitrogen and oxygen atoms in total. The van der Waals surface area contributed by atoms with Crippen LogP contribution in [0.2, 0.25) is 0 Å². The Balaban J connectivity index is 1.59. The third kappa shape index (κ3) is 3.19. The van der Waals surface area contributed by atoms with E-state index in [9.17, 15) is 15.3 Å². The van der Waals surface area contributed by atoms with Gasteiger partial charge >= 0.3 is 0 Å². The maximum Gasteiger partial charge on any atom is 0.167 e. The topological polar surface area (TPSA) is 152 Å². The van der Waals surface area contributed by atoms with Crippen molar-refractivity contribution in [3.63, 3.8) is 0 Å². The van der Waals surface area contributed by atoms with E-state index in [1.807, 2.05) is 24.3 Å². The van der Waals surface area contributed by atoms with E-state index in [-0.39, 0.29) is 0 Å². The van der Waals surface area contributed by atoms with Crippen molar-refractivity contribution in [1.29, 1.82) is 0 Å². The normalized spacial score (nSPS) is 25.1. The van der Waals surface area contributed by atoms with Gasteiger partial charge in [0.15, 0.2) is 23.2 Å². The molecule has 0 aliphatic carbocycles. The number of nitrogen functional groups attached to an aromatic ring is 1. The highest BCUT2D eigenvalue weighted by molar-refractivity contribution is 5.82. The Kier molecular flexibility index (Phi) is 4.62. The summed E-state index contributed by atoms with van der Waals surface area (Å²) in [6, 6.07) is 7.48. The zero-order valence-corrected chi connectivity index (χ0v) is 14.3. The fourth-order valence-electron chi connectivity index (χ4n) is 3.10. The van der Waals surface area contributed by atoms with Crippen LogP contribution in [0.1, 0.15) is 11.8 Å². The fraction of sp³-hybridized carbons (Fsp3) is 0.353. The van der Waals surface area contributed by atoms with E-state index in [1.165, 1.54) is 17.2 Å². The number of hydrogen-bond acceptors (Lipinski definition) is 9. The van der Waals surface area contributed by atoms with E-state index in [0.29, 0.717) is 29.2 Å². The summed E-state index contributed by atoms with van der Waals surface area (Å²) < 4.78 is 7.07. The number of nitrogens with two attached hydrogens (primary N) is 1. The molecule has 3 aromatic rings. The van der Waals surface area contributed by atoms with E-state index >= 15 is 0 Å². The first kappa shape index (κ1) is 17.6. The van der Waals surface area contributed by atoms with Crippen LogP contribution in [0.25, 0.3) is 11.2 Å². The third-order valence-electron chi connectivity index (χ3n) is 4.59. The van der Waals surface area contributed by atoms with Gasteiger partial charge in [0.25, 0.3) is 0 Å². The second kappa shape index (κ2) is 7.08. The van der Waals surface area contributed by atoms with E-state index in [2.05, 4.69) is 20.3 Å². The molecule has 6 N–H and O–H groups in total. The number of ether oxygens (including phenoxy) is 1. The van der Waals surface area contributed by atoms with Crippen LogP contribution >= 0.6 is 0 Å². The van der Waals surface area contributed by atoms with Gasteiger partial charge in [-0.25, -0.2) is 15.0 Å². The second-order valence-electron chi connectivity index (χ2n) is 6.37. The number of nitrogens with one attached hydrogen (secondary N) is 1. The van der Waals surface area contributed by atoms with E-state index in [4.69, 9.17) is 10.5 Å². The summed E-state index contributed by atoms with van der Waals surface area (Å²) in [4.78, 5) is 12.8. The summed E-state index contributed by atoms with van der Waals surface area (Å²) in [5.41, 5.74) is 8.36. The van der Waals surface area contributed by atoms with Gasteiger partial charge in [0, 0.05) is 12.2 Å². The summed E-state index contributed by atoms with van der Waals surface area (Å²) in [6.45, 7) is 0.123. The average molecular weight is 372 g/mol. The van der Waals surface area contributed by atoms with Crippen molar-refractivity contribution in [3.8, 4) is 0 Å². The Labute approximate surface area is 154 Å². The Morgan fingerprint density at radius 1 is 1.11 bits per heavy atom. The molecule has 0 bridgehead atoms. The summed E-state index contributed by atoms with van der Waals surface area (Å²) in [5.74, 6) is 0.530. The second-order valence-corrected chi connectivity index (χ2v) is 6.37. The van der Waals surface area contributed by atoms with Crippen molar-refractivity contribution >= 4 is 22.7 Å². The third-order valence-corrected chi connectivity index (χ3v) is 4.59. The SMILES string of the molecule is Nc1ccc(CNc2ncnc3c2ncn3C2O[C@H](CO)[C@@H](O)[C@@H]2O)cc1. The predicted molar refractivity (Wildman–Crippen MR) is 96.5 cm³/mol. The highest BCUT2D eigenvalue weighted by Crippen LogP contribution is 2.32. The number of fused-ring (bicyclic) bond motifs is 1. The summed E-state index contributed by atoms with van der Waals surface area (Å²) in [5, 5.41) is 32.7. The first-order valence-electron chi connectivity index (χ1n) is 8.46. The Hall–Kier alpha value is -2.79. The molecule has 1 aliphatic heterocycles. The van der Waals surface area contributed by atoms with Crippen molar-refractivity contribution in [1.82, 2.24) is 19.5 Å². The van der Waals surface area contributed by atoms with Crippen LogP contribution in [-0.2, 0) is 11.3 Å². The molecule has 4 atom stereocenters. The van der Waals surface area contributed by atoms with E-state index < -0.39 is 31.1 Å². The van der Waals surface area contributed by atoms with Crippen molar-refractivity contribution < 1.29 is 20.1 Å². The zero-order valence-electron chi connectivity index (χ0n) is 14.3. The molecule has 142 valence electrons. The molecular formula is C17H20N6O4. The molecule has 1 unspecified atom stereocenters. The number of benzene rings is 1. The average Bonchev–Trinajstić information content (AvgIpc) is 3.23. The molecule has 27 heavy (non-hydrogen) atoms. The largest absolute Gasteiger partial charge is 0.399 e. The van der Waals surface area contributed by atoms with Crippen LogP contribution in [-0.4, -0.2) is 59.8 Å². The molecular weight excluding hydrogens is 352 g/mol. The summed E-state index contributed by atoms with van der Waals surface area (Å²) in [7, 11) is 0. The van der Waals surface area contributed by atoms with Crippen LogP contribution in [0, 0.1) is 0 Å². The van der Waals surface area contributed by atoms with Gasteiger partial charge < -0.3 is 31.1 Å². The minimum atomic E-state index is -1.21. The minimum absolute atomic E-state index is 0.398. The van der Waals surface area contributed by atoms with Gasteiger partial charge in [0.1, 0.15) is 24.6 Å². The molecule has 3 heterocycles. The molecule has 1 aliphatic rings. The highest BCUT2D eigenvalue weighted by Gasteiger charge is 2.44. The number of rotatable bonds is 5. The van der Waals surface area contributed by atoms with Gasteiger partial charge in [-0.1, -0.05) is 12.1 Å². The quantitative estimate of drug-likeness (QED) is 0.378. The number of nitrogens with zero attached hydrogens (tertiary/aromatic N) is 4. The molecule has 0 spiro atoms. The van der Waals surface area contributed by atoms with E-state index in [0.717, 1.165) is 5.56 Å². The Morgan fingerprint density at radius 2 is 1.89 bits per heavy atom. The molecule has 1 fully saturated rings. The lowest BCUT2D eigenvalue weighted by atomic mass is 10.1. The van der Waals surface area contributed by atoms with Crippen LogP contribution in [0.3, 0.4) is 0 Å². The molecule has 0 saturated carbocycles. The van der Waals surface area contributed by atoms with Gasteiger partial charge in [-0.05, 0) is 17.7 Å². The van der Waals surface area contributed by atoms with Crippen LogP contribution in [0.4, 0.5) is 11.5 Å². The van der Waals surface area contributed by atoms with Crippen LogP contribution in [0.5, 0.6) is 0 Å². The van der Waals surface area contributed by atoms with Crippen LogP contribution in [0.15, 0.2) is 36.9 Å². The summed E-state index contributed by atoms with van der Waals surface area (Å²) >= 11 is 0. The zero-order chi connectivity index (χ0) is 19.0. The van der Waals surface area contributed by atoms with Gasteiger partial charge in [0.05, 0.1) is 12.9 Å². The molecule has 10 heteroatoms. The lowest BCUT2D eigenvalue weighted by Crippen LogP contribution is -2.33. The number of aliphatic hydroxyl groups is 3. The van der Waals surface area contributed by atoms with Crippen LogP contribution < -0.4 is 11.1 Å². The lowest BCUT2D eigenvalue weighted by molar-refractivity contribution is -0.0511. The number of aromatic nitrogens is 4. The molecule has 1 saturated heterocycles. The van der Waals surface area contributed by atoms with Gasteiger partial charge in [-0.15, -0.1) is 0 Å². The van der Waals surface area contributed by atoms with Gasteiger partial charge in [0.2, 0.25) is 0 Å². The van der Waals surface area contributed by atoms with Gasteiger partial charge in [-0.2, -0.15) is 0 Å². The minimum Gasteiger partial charge on any atom is -0.399 e. The molecule has 0 amide bonds. The van der Waals surface area contributed by atoms with E-state index in [1.54, 1.807) is 0 Å². The predicted octanol–water partition coefficient (Wildman–Crippen LogP) is -0.368. The molecule has 4 rings (SSSR count). The summed E-state index contributed by atoms with van der Waals surface area (Å²) in [6.07, 6.45) is -1.32. The highest BCUT2D eigenvalue weighted by atomic mass is 16.6. The molecule has 1 aromatic carbocycles. The fourth-order valence-corrected chi connectivity index (χ4v) is 3.10. The molecule has 2 aromatic heterocycles. The van der Waals surface area contributed by atoms with Crippen molar-refractivity contribution in [2.24, 2.45) is 0 Å². The maximum absolute atomic E-state index is 10.2. The number of imidazole rings is 1. The lowest BCUT2D eigenvalue weighted by Gasteiger charge is -2.16. The van der Waals surface area contributed by atoms with Crippen molar-refractivity contribution in [2.75, 3.05) is 17.7 Å². The smallest absolute Gasteiger partial charge is 0.167 e. The standard InChI is InChI=1S/C17H20N6O4/c18-10-3-1-9(2-4-10)5-19-15-12-16(21-7-20-15)23(8-22-12)17-14(26)13(25)11(6-24)27-17/h1-4,7-8,11,13-14,17,24-26H,5-6,18H2,(H,19,20,21)/t11-,13-,14+,17?/m1/s1. The van der Waals surface area contributed by atoms with Crippen molar-refractivity contribution in [3.05, 3.63) is 42.5 Å². The molecule has 0 radical (unpaired) electrons.